The maximum atomic E-state index is 13.0. The predicted octanol–water partition coefficient (Wildman–Crippen LogP) is 4.05. The van der Waals surface area contributed by atoms with Gasteiger partial charge in [0.15, 0.2) is 0 Å². The first-order valence-electron chi connectivity index (χ1n) is 6.53. The van der Waals surface area contributed by atoms with Gasteiger partial charge >= 0.3 is 0 Å². The van der Waals surface area contributed by atoms with Gasteiger partial charge in [0.25, 0.3) is 5.56 Å². The zero-order valence-electron chi connectivity index (χ0n) is 11.2. The summed E-state index contributed by atoms with van der Waals surface area (Å²) in [7, 11) is 0. The van der Waals surface area contributed by atoms with E-state index in [0.717, 1.165) is 10.4 Å². The van der Waals surface area contributed by atoms with Crippen LogP contribution >= 0.6 is 11.3 Å². The highest BCUT2D eigenvalue weighted by Gasteiger charge is 2.11. The van der Waals surface area contributed by atoms with Crippen molar-refractivity contribution in [1.82, 2.24) is 9.97 Å². The van der Waals surface area contributed by atoms with Crippen LogP contribution in [-0.4, -0.2) is 9.97 Å². The predicted molar refractivity (Wildman–Crippen MR) is 83.3 cm³/mol. The molecule has 0 atom stereocenters. The number of hydrogen-bond donors (Lipinski definition) is 1. The van der Waals surface area contributed by atoms with Gasteiger partial charge in [-0.1, -0.05) is 12.1 Å². The van der Waals surface area contributed by atoms with Gasteiger partial charge in [0.2, 0.25) is 0 Å². The van der Waals surface area contributed by atoms with Crippen LogP contribution in [0.3, 0.4) is 0 Å². The molecule has 1 aromatic carbocycles. The lowest BCUT2D eigenvalue weighted by Crippen LogP contribution is -2.07. The highest BCUT2D eigenvalue weighted by Crippen LogP contribution is 2.31. The zero-order chi connectivity index (χ0) is 15.1. The minimum Gasteiger partial charge on any atom is -0.472 e. The Balaban J connectivity index is 1.89. The number of nitrogens with one attached hydrogen (secondary N) is 1. The second-order valence-electron chi connectivity index (χ2n) is 4.76. The quantitative estimate of drug-likeness (QED) is 0.607. The highest BCUT2D eigenvalue weighted by atomic mass is 32.1. The zero-order valence-corrected chi connectivity index (χ0v) is 12.0. The van der Waals surface area contributed by atoms with E-state index in [0.29, 0.717) is 21.6 Å². The Kier molecular flexibility index (Phi) is 2.90. The molecule has 0 radical (unpaired) electrons. The molecule has 0 saturated carbocycles. The first-order valence-corrected chi connectivity index (χ1v) is 7.35. The van der Waals surface area contributed by atoms with E-state index < -0.39 is 0 Å². The van der Waals surface area contributed by atoms with Gasteiger partial charge in [-0.25, -0.2) is 9.37 Å². The van der Waals surface area contributed by atoms with Gasteiger partial charge in [0, 0.05) is 4.88 Å². The first kappa shape index (κ1) is 13.0. The van der Waals surface area contributed by atoms with E-state index in [1.807, 2.05) is 6.07 Å². The summed E-state index contributed by atoms with van der Waals surface area (Å²) < 4.78 is 18.6. The van der Waals surface area contributed by atoms with Crippen LogP contribution in [-0.2, 0) is 0 Å². The summed E-state index contributed by atoms with van der Waals surface area (Å²) >= 11 is 1.34. The molecule has 108 valence electrons. The molecule has 4 rings (SSSR count). The van der Waals surface area contributed by atoms with Crippen molar-refractivity contribution >= 4 is 21.6 Å². The van der Waals surface area contributed by atoms with Crippen molar-refractivity contribution in [3.8, 4) is 21.8 Å². The fraction of sp³-hybridized carbons (Fsp3) is 0. The Morgan fingerprint density at radius 3 is 2.68 bits per heavy atom. The summed E-state index contributed by atoms with van der Waals surface area (Å²) in [4.78, 5) is 20.3. The number of fused-ring (bicyclic) bond motifs is 1. The third-order valence-electron chi connectivity index (χ3n) is 3.31. The summed E-state index contributed by atoms with van der Waals surface area (Å²) in [6.07, 6.45) is 3.05. The monoisotopic (exact) mass is 312 g/mol. The van der Waals surface area contributed by atoms with E-state index in [-0.39, 0.29) is 11.4 Å². The maximum absolute atomic E-state index is 13.0. The molecule has 0 spiro atoms. The van der Waals surface area contributed by atoms with E-state index in [2.05, 4.69) is 9.97 Å². The number of aromatic nitrogens is 2. The lowest BCUT2D eigenvalue weighted by molar-refractivity contribution is 0.568. The minimum absolute atomic E-state index is 0.195. The molecule has 0 aliphatic rings. The van der Waals surface area contributed by atoms with Crippen LogP contribution in [0.25, 0.3) is 32.0 Å². The van der Waals surface area contributed by atoms with E-state index in [4.69, 9.17) is 4.42 Å². The second-order valence-corrected chi connectivity index (χ2v) is 5.81. The van der Waals surface area contributed by atoms with Crippen LogP contribution in [0, 0.1) is 5.82 Å². The molecule has 0 unspecified atom stereocenters. The van der Waals surface area contributed by atoms with Gasteiger partial charge < -0.3 is 9.40 Å². The van der Waals surface area contributed by atoms with E-state index in [1.165, 1.54) is 36.0 Å². The molecule has 22 heavy (non-hydrogen) atoms. The van der Waals surface area contributed by atoms with Crippen LogP contribution in [0.5, 0.6) is 0 Å². The molecule has 0 aliphatic carbocycles. The Hall–Kier alpha value is -2.73. The highest BCUT2D eigenvalue weighted by molar-refractivity contribution is 7.22. The average Bonchev–Trinajstić information content (AvgIpc) is 3.17. The Labute approximate surface area is 127 Å². The normalized spacial score (nSPS) is 11.1. The summed E-state index contributed by atoms with van der Waals surface area (Å²) in [6.45, 7) is 0. The average molecular weight is 312 g/mol. The van der Waals surface area contributed by atoms with Gasteiger partial charge in [-0.3, -0.25) is 4.79 Å². The molecular weight excluding hydrogens is 303 g/mol. The topological polar surface area (TPSA) is 58.9 Å². The second kappa shape index (κ2) is 4.92. The molecule has 0 aliphatic heterocycles. The molecule has 3 aromatic heterocycles. The van der Waals surface area contributed by atoms with Gasteiger partial charge in [0.05, 0.1) is 17.3 Å². The van der Waals surface area contributed by atoms with Crippen molar-refractivity contribution in [3.63, 3.8) is 0 Å². The lowest BCUT2D eigenvalue weighted by Gasteiger charge is -1.95. The molecule has 4 nitrogen and oxygen atoms in total. The van der Waals surface area contributed by atoms with Gasteiger partial charge in [-0.15, -0.1) is 11.3 Å². The summed E-state index contributed by atoms with van der Waals surface area (Å²) in [5.74, 6) is 0.179. The Morgan fingerprint density at radius 1 is 1.14 bits per heavy atom. The lowest BCUT2D eigenvalue weighted by atomic mass is 10.2. The summed E-state index contributed by atoms with van der Waals surface area (Å²) in [6, 6.07) is 9.74. The van der Waals surface area contributed by atoms with E-state index >= 15 is 0 Å². The van der Waals surface area contributed by atoms with Gasteiger partial charge in [-0.2, -0.15) is 0 Å². The van der Waals surface area contributed by atoms with Crippen molar-refractivity contribution in [1.29, 1.82) is 0 Å². The van der Waals surface area contributed by atoms with Crippen LogP contribution in [0.1, 0.15) is 0 Å². The summed E-state index contributed by atoms with van der Waals surface area (Å²) in [5, 5.41) is 0. The smallest absolute Gasteiger partial charge is 0.269 e. The molecule has 6 heteroatoms. The van der Waals surface area contributed by atoms with Gasteiger partial charge in [-0.05, 0) is 29.8 Å². The number of rotatable bonds is 2. The van der Waals surface area contributed by atoms with Crippen LogP contribution in [0.15, 0.2) is 58.1 Å². The van der Waals surface area contributed by atoms with Crippen molar-refractivity contribution in [2.45, 2.75) is 0 Å². The number of H-pyrrole nitrogens is 1. The Morgan fingerprint density at radius 2 is 1.95 bits per heavy atom. The number of thiophene rings is 1. The largest absolute Gasteiger partial charge is 0.472 e. The third kappa shape index (κ3) is 2.14. The fourth-order valence-electron chi connectivity index (χ4n) is 2.23. The standard InChI is InChI=1S/C16H9FN2O2S/c17-11-3-1-9(2-4-11)13-7-12-14(22-13)16(20)19-15(18-12)10-5-6-21-8-10/h1-8H,(H,18,19,20). The van der Waals surface area contributed by atoms with Crippen LogP contribution in [0.4, 0.5) is 4.39 Å². The molecule has 0 amide bonds. The molecule has 4 aromatic rings. The SMILES string of the molecule is O=c1[nH]c(-c2ccoc2)nc2cc(-c3ccc(F)cc3)sc12. The van der Waals surface area contributed by atoms with E-state index in [9.17, 15) is 9.18 Å². The van der Waals surface area contributed by atoms with Gasteiger partial charge in [0.1, 0.15) is 22.6 Å². The van der Waals surface area contributed by atoms with Crippen molar-refractivity contribution in [2.75, 3.05) is 0 Å². The molecule has 0 fully saturated rings. The number of nitrogens with zero attached hydrogens (tertiary/aromatic N) is 1. The summed E-state index contributed by atoms with van der Waals surface area (Å²) in [5.41, 5.74) is 1.99. The number of hydrogen-bond acceptors (Lipinski definition) is 4. The van der Waals surface area contributed by atoms with Crippen molar-refractivity contribution in [2.24, 2.45) is 0 Å². The third-order valence-corrected chi connectivity index (χ3v) is 4.48. The fourth-order valence-corrected chi connectivity index (χ4v) is 3.23. The van der Waals surface area contributed by atoms with E-state index in [1.54, 1.807) is 18.2 Å². The Bertz CT molecular complexity index is 1000. The van der Waals surface area contributed by atoms with Crippen LogP contribution in [0.2, 0.25) is 0 Å². The molecule has 0 saturated heterocycles. The number of benzene rings is 1. The first-order chi connectivity index (χ1) is 10.7. The molecular formula is C16H9FN2O2S. The molecule has 3 heterocycles. The van der Waals surface area contributed by atoms with Crippen molar-refractivity contribution < 1.29 is 8.81 Å². The van der Waals surface area contributed by atoms with Crippen molar-refractivity contribution in [3.05, 3.63) is 65.1 Å². The minimum atomic E-state index is -0.289. The molecule has 0 bridgehead atoms. The number of furan rings is 1. The number of halogens is 1. The maximum Gasteiger partial charge on any atom is 0.269 e. The number of aromatic amines is 1. The van der Waals surface area contributed by atoms with Crippen LogP contribution < -0.4 is 5.56 Å². The molecule has 1 N–H and O–H groups in total.